The highest BCUT2D eigenvalue weighted by molar-refractivity contribution is 5.94. The van der Waals surface area contributed by atoms with Crippen LogP contribution in [0.1, 0.15) is 5.56 Å². The number of benzene rings is 1. The summed E-state index contributed by atoms with van der Waals surface area (Å²) in [4.78, 5) is 6.71. The van der Waals surface area contributed by atoms with Crippen LogP contribution in [0.5, 0.6) is 0 Å². The Bertz CT molecular complexity index is 659. The summed E-state index contributed by atoms with van der Waals surface area (Å²) in [6.07, 6.45) is 1.63. The van der Waals surface area contributed by atoms with Gasteiger partial charge in [0.15, 0.2) is 0 Å². The molecule has 0 unspecified atom stereocenters. The van der Waals surface area contributed by atoms with Crippen LogP contribution in [-0.4, -0.2) is 11.5 Å². The van der Waals surface area contributed by atoms with Gasteiger partial charge in [0.05, 0.1) is 12.1 Å². The Morgan fingerprint density at radius 1 is 1.35 bits per heavy atom. The van der Waals surface area contributed by atoms with E-state index in [4.69, 9.17) is 11.3 Å². The minimum atomic E-state index is 0.148. The van der Waals surface area contributed by atoms with E-state index in [9.17, 15) is 0 Å². The molecule has 5 heteroatoms. The van der Waals surface area contributed by atoms with Crippen LogP contribution in [0, 0.1) is 11.8 Å². The molecule has 17 heavy (non-hydrogen) atoms. The lowest BCUT2D eigenvalue weighted by Crippen LogP contribution is -1.93. The molecule has 0 spiro atoms. The maximum atomic E-state index is 8.13. The van der Waals surface area contributed by atoms with Crippen LogP contribution in [-0.2, 0) is 0 Å². The van der Waals surface area contributed by atoms with E-state index in [0.29, 0.717) is 5.82 Å². The molecule has 1 aromatic heterocycles. The topological polar surface area (TPSA) is 87.7 Å². The van der Waals surface area contributed by atoms with E-state index in [1.807, 2.05) is 24.3 Å². The fourth-order valence-electron chi connectivity index (χ4n) is 1.52. The van der Waals surface area contributed by atoms with Gasteiger partial charge in [-0.05, 0) is 5.53 Å². The highest BCUT2D eigenvalue weighted by atomic mass is 15.1. The average Bonchev–Trinajstić information content (AvgIpc) is 2.37. The van der Waals surface area contributed by atoms with Crippen molar-refractivity contribution in [3.05, 3.63) is 46.5 Å². The molecule has 0 amide bonds. The lowest BCUT2D eigenvalue weighted by Gasteiger charge is -2.02. The molecule has 2 aromatic rings. The van der Waals surface area contributed by atoms with Crippen molar-refractivity contribution in [3.63, 3.8) is 0 Å². The molecule has 0 saturated heterocycles. The average molecular weight is 223 g/mol. The van der Waals surface area contributed by atoms with E-state index in [0.717, 1.165) is 16.3 Å². The van der Waals surface area contributed by atoms with Crippen molar-refractivity contribution >= 4 is 16.6 Å². The first kappa shape index (κ1) is 10.8. The number of nitrogen functional groups attached to an aromatic ring is 1. The Labute approximate surface area is 97.9 Å². The number of rotatable bonds is 1. The van der Waals surface area contributed by atoms with Gasteiger partial charge in [0.1, 0.15) is 5.82 Å². The van der Waals surface area contributed by atoms with E-state index in [-0.39, 0.29) is 6.54 Å². The molecule has 0 aliphatic carbocycles. The molecule has 0 aliphatic heterocycles. The lowest BCUT2D eigenvalue weighted by atomic mass is 10.1. The molecular weight excluding hydrogens is 214 g/mol. The van der Waals surface area contributed by atoms with Crippen LogP contribution >= 0.6 is 0 Å². The summed E-state index contributed by atoms with van der Waals surface area (Å²) in [5.74, 6) is 6.17. The maximum Gasteiger partial charge on any atom is 0.131 e. The van der Waals surface area contributed by atoms with E-state index in [1.165, 1.54) is 0 Å². The fraction of sp³-hybridized carbons (Fsp3) is 0.0833. The second-order valence-electron chi connectivity index (χ2n) is 3.29. The van der Waals surface area contributed by atoms with E-state index in [1.54, 1.807) is 6.20 Å². The van der Waals surface area contributed by atoms with Crippen LogP contribution in [0.2, 0.25) is 0 Å². The van der Waals surface area contributed by atoms with Crippen LogP contribution in [0.15, 0.2) is 35.6 Å². The van der Waals surface area contributed by atoms with Gasteiger partial charge in [-0.1, -0.05) is 41.2 Å². The first-order chi connectivity index (χ1) is 8.33. The fourth-order valence-corrected chi connectivity index (χ4v) is 1.52. The highest BCUT2D eigenvalue weighted by Gasteiger charge is 2.01. The number of nitrogens with zero attached hydrogens (tertiary/aromatic N) is 4. The number of hydrogen-bond donors (Lipinski definition) is 1. The molecule has 0 aliphatic rings. The van der Waals surface area contributed by atoms with Gasteiger partial charge < -0.3 is 5.73 Å². The van der Waals surface area contributed by atoms with Gasteiger partial charge >= 0.3 is 0 Å². The third-order valence-corrected chi connectivity index (χ3v) is 2.26. The number of anilines is 1. The third-order valence-electron chi connectivity index (χ3n) is 2.26. The summed E-state index contributed by atoms with van der Waals surface area (Å²) in [6.45, 7) is 0.148. The summed E-state index contributed by atoms with van der Waals surface area (Å²) < 4.78 is 0. The Hall–Kier alpha value is -2.70. The zero-order valence-corrected chi connectivity index (χ0v) is 8.96. The maximum absolute atomic E-state index is 8.13. The molecule has 0 bridgehead atoms. The monoisotopic (exact) mass is 223 g/mol. The second kappa shape index (κ2) is 4.88. The van der Waals surface area contributed by atoms with Crippen LogP contribution < -0.4 is 5.73 Å². The van der Waals surface area contributed by atoms with E-state index < -0.39 is 0 Å². The normalized spacial score (nSPS) is 9.18. The summed E-state index contributed by atoms with van der Waals surface area (Å²) in [5.41, 5.74) is 14.7. The third kappa shape index (κ3) is 2.28. The summed E-state index contributed by atoms with van der Waals surface area (Å²) in [6, 6.07) is 7.65. The number of nitrogens with two attached hydrogens (primary N) is 1. The van der Waals surface area contributed by atoms with Crippen LogP contribution in [0.4, 0.5) is 5.82 Å². The van der Waals surface area contributed by atoms with Gasteiger partial charge in [0.25, 0.3) is 0 Å². The summed E-state index contributed by atoms with van der Waals surface area (Å²) >= 11 is 0. The van der Waals surface area contributed by atoms with Gasteiger partial charge in [0, 0.05) is 21.9 Å². The molecule has 0 atom stereocenters. The summed E-state index contributed by atoms with van der Waals surface area (Å²) in [5, 5.41) is 5.18. The SMILES string of the molecule is [N-]=[N+]=NCC#Cc1cnc(N)c2ccccc12. The summed E-state index contributed by atoms with van der Waals surface area (Å²) in [7, 11) is 0. The number of fused-ring (bicyclic) bond motifs is 1. The minimum Gasteiger partial charge on any atom is -0.383 e. The molecule has 0 saturated carbocycles. The molecule has 82 valence electrons. The number of pyridine rings is 1. The van der Waals surface area contributed by atoms with Crippen molar-refractivity contribution in [2.45, 2.75) is 0 Å². The Kier molecular flexibility index (Phi) is 3.10. The largest absolute Gasteiger partial charge is 0.383 e. The Balaban J connectivity index is 2.50. The molecule has 1 aromatic carbocycles. The van der Waals surface area contributed by atoms with Crippen molar-refractivity contribution in [1.29, 1.82) is 0 Å². The zero-order chi connectivity index (χ0) is 12.1. The van der Waals surface area contributed by atoms with Crippen molar-refractivity contribution in [2.24, 2.45) is 5.11 Å². The predicted molar refractivity (Wildman–Crippen MR) is 67.0 cm³/mol. The van der Waals surface area contributed by atoms with Gasteiger partial charge in [-0.2, -0.15) is 0 Å². The van der Waals surface area contributed by atoms with Gasteiger partial charge in [0.2, 0.25) is 0 Å². The van der Waals surface area contributed by atoms with Crippen molar-refractivity contribution in [3.8, 4) is 11.8 Å². The first-order valence-electron chi connectivity index (χ1n) is 4.96. The Morgan fingerprint density at radius 3 is 2.88 bits per heavy atom. The zero-order valence-electron chi connectivity index (χ0n) is 8.96. The molecule has 0 radical (unpaired) electrons. The molecule has 5 nitrogen and oxygen atoms in total. The number of azide groups is 1. The molecule has 2 N–H and O–H groups in total. The number of hydrogen-bond acceptors (Lipinski definition) is 3. The molecule has 2 rings (SSSR count). The molecule has 0 fully saturated rings. The van der Waals surface area contributed by atoms with Crippen molar-refractivity contribution < 1.29 is 0 Å². The quantitative estimate of drug-likeness (QED) is 0.348. The Morgan fingerprint density at radius 2 is 2.12 bits per heavy atom. The minimum absolute atomic E-state index is 0.148. The molecule has 1 heterocycles. The number of aromatic nitrogens is 1. The van der Waals surface area contributed by atoms with Gasteiger partial charge in [-0.15, -0.1) is 0 Å². The highest BCUT2D eigenvalue weighted by Crippen LogP contribution is 2.21. The van der Waals surface area contributed by atoms with Crippen LogP contribution in [0.3, 0.4) is 0 Å². The van der Waals surface area contributed by atoms with Crippen molar-refractivity contribution in [2.75, 3.05) is 12.3 Å². The first-order valence-corrected chi connectivity index (χ1v) is 4.96. The van der Waals surface area contributed by atoms with Crippen LogP contribution in [0.25, 0.3) is 21.2 Å². The van der Waals surface area contributed by atoms with E-state index in [2.05, 4.69) is 26.9 Å². The van der Waals surface area contributed by atoms with E-state index >= 15 is 0 Å². The molecular formula is C12H9N5. The van der Waals surface area contributed by atoms with Crippen molar-refractivity contribution in [1.82, 2.24) is 4.98 Å². The second-order valence-corrected chi connectivity index (χ2v) is 3.29. The predicted octanol–water partition coefficient (Wildman–Crippen LogP) is 2.48. The van der Waals surface area contributed by atoms with Gasteiger partial charge in [-0.3, -0.25) is 0 Å². The smallest absolute Gasteiger partial charge is 0.131 e. The lowest BCUT2D eigenvalue weighted by molar-refractivity contribution is 1.25. The van der Waals surface area contributed by atoms with Gasteiger partial charge in [-0.25, -0.2) is 4.98 Å². The standard InChI is InChI=1S/C12H9N5/c13-12-11-6-2-1-5-10(11)9(8-15-12)4-3-7-16-17-14/h1-2,5-6,8H,7H2,(H2,13,15).